The SMILES string of the molecule is O=C(Nc1ncc(Cc2ccccc2F)s1)C(Cl)c1ccccc1. The van der Waals surface area contributed by atoms with Gasteiger partial charge in [-0.2, -0.15) is 0 Å². The molecule has 1 unspecified atom stereocenters. The zero-order chi connectivity index (χ0) is 16.9. The van der Waals surface area contributed by atoms with Gasteiger partial charge in [0.2, 0.25) is 5.91 Å². The molecule has 0 radical (unpaired) electrons. The van der Waals surface area contributed by atoms with Crippen molar-refractivity contribution in [1.29, 1.82) is 0 Å². The summed E-state index contributed by atoms with van der Waals surface area (Å²) in [5, 5.41) is 2.37. The molecule has 0 saturated carbocycles. The topological polar surface area (TPSA) is 42.0 Å². The van der Waals surface area contributed by atoms with E-state index in [2.05, 4.69) is 10.3 Å². The second-order valence-corrected chi connectivity index (χ2v) is 6.71. The summed E-state index contributed by atoms with van der Waals surface area (Å²) in [5.41, 5.74) is 1.32. The van der Waals surface area contributed by atoms with E-state index in [1.807, 2.05) is 18.2 Å². The fraction of sp³-hybridized carbons (Fsp3) is 0.111. The molecule has 3 aromatic rings. The fourth-order valence-corrected chi connectivity index (χ4v) is 3.26. The van der Waals surface area contributed by atoms with Crippen LogP contribution in [0.2, 0.25) is 0 Å². The number of benzene rings is 2. The van der Waals surface area contributed by atoms with E-state index in [4.69, 9.17) is 11.6 Å². The summed E-state index contributed by atoms with van der Waals surface area (Å²) in [6.45, 7) is 0. The first-order valence-electron chi connectivity index (χ1n) is 7.31. The average Bonchev–Trinajstić information content (AvgIpc) is 3.04. The number of aromatic nitrogens is 1. The molecule has 0 aliphatic heterocycles. The first-order chi connectivity index (χ1) is 11.6. The smallest absolute Gasteiger partial charge is 0.248 e. The largest absolute Gasteiger partial charge is 0.300 e. The lowest BCUT2D eigenvalue weighted by Crippen LogP contribution is -2.17. The summed E-state index contributed by atoms with van der Waals surface area (Å²) in [6.07, 6.45) is 2.07. The number of nitrogens with one attached hydrogen (secondary N) is 1. The first kappa shape index (κ1) is 16.6. The Morgan fingerprint density at radius 2 is 1.88 bits per heavy atom. The second kappa shape index (κ2) is 7.55. The molecular weight excluding hydrogens is 347 g/mol. The highest BCUT2D eigenvalue weighted by Crippen LogP contribution is 2.26. The molecule has 1 heterocycles. The molecule has 0 aliphatic carbocycles. The number of amides is 1. The van der Waals surface area contributed by atoms with Crippen molar-refractivity contribution in [2.45, 2.75) is 11.8 Å². The number of carbonyl (C=O) groups excluding carboxylic acids is 1. The molecule has 6 heteroatoms. The van der Waals surface area contributed by atoms with Crippen molar-refractivity contribution in [3.63, 3.8) is 0 Å². The van der Waals surface area contributed by atoms with E-state index in [9.17, 15) is 9.18 Å². The Kier molecular flexibility index (Phi) is 5.23. The number of hydrogen-bond donors (Lipinski definition) is 1. The summed E-state index contributed by atoms with van der Waals surface area (Å²) in [7, 11) is 0. The number of rotatable bonds is 5. The molecule has 122 valence electrons. The van der Waals surface area contributed by atoms with Gasteiger partial charge >= 0.3 is 0 Å². The Morgan fingerprint density at radius 1 is 1.17 bits per heavy atom. The van der Waals surface area contributed by atoms with Crippen LogP contribution in [0.15, 0.2) is 60.8 Å². The van der Waals surface area contributed by atoms with E-state index >= 15 is 0 Å². The summed E-state index contributed by atoms with van der Waals surface area (Å²) >= 11 is 7.49. The Morgan fingerprint density at radius 3 is 2.62 bits per heavy atom. The number of alkyl halides is 1. The van der Waals surface area contributed by atoms with Gasteiger partial charge in [0.05, 0.1) is 0 Å². The third-order valence-corrected chi connectivity index (χ3v) is 4.79. The van der Waals surface area contributed by atoms with Crippen LogP contribution < -0.4 is 5.32 Å². The third-order valence-electron chi connectivity index (χ3n) is 3.43. The number of carbonyl (C=O) groups is 1. The van der Waals surface area contributed by atoms with Gasteiger partial charge in [-0.25, -0.2) is 9.37 Å². The number of anilines is 1. The highest BCUT2D eigenvalue weighted by Gasteiger charge is 2.18. The van der Waals surface area contributed by atoms with Crippen molar-refractivity contribution in [3.05, 3.63) is 82.6 Å². The summed E-state index contributed by atoms with van der Waals surface area (Å²) in [4.78, 5) is 17.2. The van der Waals surface area contributed by atoms with Crippen LogP contribution in [0.25, 0.3) is 0 Å². The van der Waals surface area contributed by atoms with Gasteiger partial charge in [-0.15, -0.1) is 22.9 Å². The minimum atomic E-state index is -0.787. The van der Waals surface area contributed by atoms with Crippen LogP contribution in [0.4, 0.5) is 9.52 Å². The molecule has 0 fully saturated rings. The monoisotopic (exact) mass is 360 g/mol. The van der Waals surface area contributed by atoms with Gasteiger partial charge in [-0.3, -0.25) is 4.79 Å². The maximum Gasteiger partial charge on any atom is 0.248 e. The summed E-state index contributed by atoms with van der Waals surface area (Å²) in [6, 6.07) is 15.7. The molecule has 1 atom stereocenters. The predicted molar refractivity (Wildman–Crippen MR) is 95.0 cm³/mol. The zero-order valence-electron chi connectivity index (χ0n) is 12.6. The maximum absolute atomic E-state index is 13.7. The van der Waals surface area contributed by atoms with Crippen LogP contribution in [-0.2, 0) is 11.2 Å². The van der Waals surface area contributed by atoms with E-state index < -0.39 is 5.38 Å². The van der Waals surface area contributed by atoms with Crippen LogP contribution in [0.3, 0.4) is 0 Å². The number of thiazole rings is 1. The Bertz CT molecular complexity index is 838. The van der Waals surface area contributed by atoms with E-state index in [1.54, 1.807) is 36.5 Å². The lowest BCUT2D eigenvalue weighted by Gasteiger charge is -2.08. The Balaban J connectivity index is 1.66. The molecule has 2 aromatic carbocycles. The number of halogens is 2. The fourth-order valence-electron chi connectivity index (χ4n) is 2.22. The second-order valence-electron chi connectivity index (χ2n) is 5.16. The molecule has 0 spiro atoms. The van der Waals surface area contributed by atoms with Gasteiger partial charge in [-0.1, -0.05) is 48.5 Å². The first-order valence-corrected chi connectivity index (χ1v) is 8.57. The lowest BCUT2D eigenvalue weighted by molar-refractivity contribution is -0.116. The van der Waals surface area contributed by atoms with Gasteiger partial charge in [0.15, 0.2) is 5.13 Å². The van der Waals surface area contributed by atoms with Crippen LogP contribution in [0.5, 0.6) is 0 Å². The average molecular weight is 361 g/mol. The molecule has 0 aliphatic rings. The van der Waals surface area contributed by atoms with Gasteiger partial charge in [0.25, 0.3) is 0 Å². The highest BCUT2D eigenvalue weighted by molar-refractivity contribution is 7.15. The van der Waals surface area contributed by atoms with E-state index in [0.717, 1.165) is 10.4 Å². The Labute approximate surface area is 148 Å². The molecule has 0 saturated heterocycles. The lowest BCUT2D eigenvalue weighted by atomic mass is 10.1. The highest BCUT2D eigenvalue weighted by atomic mass is 35.5. The van der Waals surface area contributed by atoms with Crippen molar-refractivity contribution >= 4 is 34.0 Å². The van der Waals surface area contributed by atoms with Crippen molar-refractivity contribution in [3.8, 4) is 0 Å². The molecule has 1 N–H and O–H groups in total. The van der Waals surface area contributed by atoms with E-state index in [0.29, 0.717) is 17.1 Å². The van der Waals surface area contributed by atoms with Gasteiger partial charge < -0.3 is 5.32 Å². The molecule has 1 amide bonds. The normalized spacial score (nSPS) is 11.9. The van der Waals surface area contributed by atoms with Crippen molar-refractivity contribution in [2.24, 2.45) is 0 Å². The molecule has 24 heavy (non-hydrogen) atoms. The van der Waals surface area contributed by atoms with Crippen molar-refractivity contribution in [1.82, 2.24) is 4.98 Å². The van der Waals surface area contributed by atoms with Crippen LogP contribution >= 0.6 is 22.9 Å². The third kappa shape index (κ3) is 3.99. The molecule has 1 aromatic heterocycles. The Hall–Kier alpha value is -2.24. The van der Waals surface area contributed by atoms with E-state index in [1.165, 1.54) is 17.4 Å². The minimum absolute atomic E-state index is 0.249. The molecular formula is C18H14ClFN2OS. The van der Waals surface area contributed by atoms with Crippen molar-refractivity contribution in [2.75, 3.05) is 5.32 Å². The van der Waals surface area contributed by atoms with Gasteiger partial charge in [-0.05, 0) is 17.2 Å². The van der Waals surface area contributed by atoms with Crippen molar-refractivity contribution < 1.29 is 9.18 Å². The molecule has 3 nitrogen and oxygen atoms in total. The quantitative estimate of drug-likeness (QED) is 0.664. The molecule has 0 bridgehead atoms. The number of nitrogens with zero attached hydrogens (tertiary/aromatic N) is 1. The van der Waals surface area contributed by atoms with E-state index in [-0.39, 0.29) is 11.7 Å². The van der Waals surface area contributed by atoms with Crippen LogP contribution in [-0.4, -0.2) is 10.9 Å². The van der Waals surface area contributed by atoms with Crippen LogP contribution in [0.1, 0.15) is 21.4 Å². The standard InChI is InChI=1S/C18H14ClFN2OS/c19-16(12-6-2-1-3-7-12)17(23)22-18-21-11-14(24-18)10-13-8-4-5-9-15(13)20/h1-9,11,16H,10H2,(H,21,22,23). The summed E-state index contributed by atoms with van der Waals surface area (Å²) < 4.78 is 13.7. The predicted octanol–water partition coefficient (Wildman–Crippen LogP) is 4.79. The maximum atomic E-state index is 13.7. The zero-order valence-corrected chi connectivity index (χ0v) is 14.2. The number of hydrogen-bond acceptors (Lipinski definition) is 3. The van der Waals surface area contributed by atoms with Crippen LogP contribution in [0, 0.1) is 5.82 Å². The molecule has 3 rings (SSSR count). The van der Waals surface area contributed by atoms with Gasteiger partial charge in [0, 0.05) is 17.5 Å². The van der Waals surface area contributed by atoms with Gasteiger partial charge in [0.1, 0.15) is 11.2 Å². The minimum Gasteiger partial charge on any atom is -0.300 e. The summed E-state index contributed by atoms with van der Waals surface area (Å²) in [5.74, 6) is -0.587.